The van der Waals surface area contributed by atoms with Gasteiger partial charge in [0.25, 0.3) is 0 Å². The lowest BCUT2D eigenvalue weighted by molar-refractivity contribution is 0.0600. The number of ether oxygens (including phenoxy) is 1. The summed E-state index contributed by atoms with van der Waals surface area (Å²) in [6.45, 7) is 0. The van der Waals surface area contributed by atoms with Gasteiger partial charge in [0.15, 0.2) is 0 Å². The normalized spacial score (nSPS) is 9.07. The Hall–Kier alpha value is -0.610. The number of hydrogen-bond donors (Lipinski definition) is 0. The fourth-order valence-electron chi connectivity index (χ4n) is 0.922. The Balaban J connectivity index is 0.00000169. The van der Waals surface area contributed by atoms with Gasteiger partial charge in [0.1, 0.15) is 5.82 Å². The Bertz CT molecular complexity index is 331. The maximum absolute atomic E-state index is 13.0. The molecule has 0 unspecified atom stereocenters. The molecule has 0 fully saturated rings. The van der Waals surface area contributed by atoms with Crippen LogP contribution in [-0.4, -0.2) is 13.1 Å². The fourth-order valence-corrected chi connectivity index (χ4v) is 1.35. The van der Waals surface area contributed by atoms with E-state index < -0.39 is 5.97 Å². The van der Waals surface area contributed by atoms with Crippen molar-refractivity contribution in [2.45, 2.75) is 5.33 Å². The van der Waals surface area contributed by atoms with E-state index in [9.17, 15) is 9.18 Å². The highest BCUT2D eigenvalue weighted by atomic mass is 79.9. The van der Waals surface area contributed by atoms with Crippen molar-refractivity contribution in [3.63, 3.8) is 0 Å². The van der Waals surface area contributed by atoms with Gasteiger partial charge in [-0.15, -0.1) is 12.4 Å². The molecule has 0 atom stereocenters. The number of carbonyl (C=O) groups is 1. The van der Waals surface area contributed by atoms with Crippen LogP contribution in [0.15, 0.2) is 18.2 Å². The Morgan fingerprint density at radius 1 is 1.57 bits per heavy atom. The minimum Gasteiger partial charge on any atom is -0.465 e. The van der Waals surface area contributed by atoms with E-state index in [1.807, 2.05) is 0 Å². The van der Waals surface area contributed by atoms with Crippen LogP contribution in [0.3, 0.4) is 0 Å². The molecule has 78 valence electrons. The smallest absolute Gasteiger partial charge is 0.337 e. The summed E-state index contributed by atoms with van der Waals surface area (Å²) in [7, 11) is 1.29. The van der Waals surface area contributed by atoms with Crippen LogP contribution in [0.1, 0.15) is 15.9 Å². The van der Waals surface area contributed by atoms with Crippen molar-refractivity contribution < 1.29 is 13.9 Å². The molecular weight excluding hydrogens is 274 g/mol. The second kappa shape index (κ2) is 5.98. The second-order valence-electron chi connectivity index (χ2n) is 2.43. The van der Waals surface area contributed by atoms with Crippen molar-refractivity contribution in [2.75, 3.05) is 7.11 Å². The lowest BCUT2D eigenvalue weighted by atomic mass is 10.1. The van der Waals surface area contributed by atoms with E-state index in [2.05, 4.69) is 20.7 Å². The average molecular weight is 284 g/mol. The molecule has 0 aliphatic carbocycles. The van der Waals surface area contributed by atoms with Crippen LogP contribution in [-0.2, 0) is 10.1 Å². The summed E-state index contributed by atoms with van der Waals surface area (Å²) in [6.07, 6.45) is 0. The maximum Gasteiger partial charge on any atom is 0.337 e. The molecule has 0 aliphatic rings. The minimum absolute atomic E-state index is 0. The third-order valence-electron chi connectivity index (χ3n) is 1.61. The zero-order valence-electron chi connectivity index (χ0n) is 7.42. The molecule has 0 radical (unpaired) electrons. The first-order valence-corrected chi connectivity index (χ1v) is 4.74. The molecule has 0 aromatic heterocycles. The monoisotopic (exact) mass is 282 g/mol. The topological polar surface area (TPSA) is 26.3 Å². The van der Waals surface area contributed by atoms with Crippen LogP contribution in [0.5, 0.6) is 0 Å². The molecule has 1 aromatic rings. The van der Waals surface area contributed by atoms with Gasteiger partial charge in [0.05, 0.1) is 12.7 Å². The van der Waals surface area contributed by atoms with Crippen molar-refractivity contribution in [3.8, 4) is 0 Å². The number of halogens is 3. The molecule has 14 heavy (non-hydrogen) atoms. The van der Waals surface area contributed by atoms with E-state index in [4.69, 9.17) is 0 Å². The predicted molar refractivity (Wildman–Crippen MR) is 57.6 cm³/mol. The first kappa shape index (κ1) is 13.4. The average Bonchev–Trinajstić information content (AvgIpc) is 2.17. The van der Waals surface area contributed by atoms with Crippen LogP contribution in [0.25, 0.3) is 0 Å². The second-order valence-corrected chi connectivity index (χ2v) is 2.99. The summed E-state index contributed by atoms with van der Waals surface area (Å²) in [5.41, 5.74) is 0.807. The van der Waals surface area contributed by atoms with Crippen LogP contribution in [0, 0.1) is 5.82 Å². The quantitative estimate of drug-likeness (QED) is 0.616. The SMILES string of the molecule is COC(=O)c1ccc(F)c(CBr)c1.Cl. The Morgan fingerprint density at radius 2 is 2.21 bits per heavy atom. The third kappa shape index (κ3) is 2.96. The molecule has 0 heterocycles. The van der Waals surface area contributed by atoms with Gasteiger partial charge in [-0.25, -0.2) is 9.18 Å². The summed E-state index contributed by atoms with van der Waals surface area (Å²) in [4.78, 5) is 11.0. The van der Waals surface area contributed by atoms with Gasteiger partial charge in [0.2, 0.25) is 0 Å². The van der Waals surface area contributed by atoms with Crippen molar-refractivity contribution in [1.82, 2.24) is 0 Å². The summed E-state index contributed by atoms with van der Waals surface area (Å²) in [5.74, 6) is -0.785. The number of alkyl halides is 1. The maximum atomic E-state index is 13.0. The van der Waals surface area contributed by atoms with Crippen LogP contribution < -0.4 is 0 Å². The molecule has 0 spiro atoms. The number of methoxy groups -OCH3 is 1. The highest BCUT2D eigenvalue weighted by Crippen LogP contribution is 2.14. The highest BCUT2D eigenvalue weighted by Gasteiger charge is 2.08. The fraction of sp³-hybridized carbons (Fsp3) is 0.222. The van der Waals surface area contributed by atoms with Gasteiger partial charge in [-0.1, -0.05) is 15.9 Å². The van der Waals surface area contributed by atoms with E-state index in [1.165, 1.54) is 25.3 Å². The number of hydrogen-bond acceptors (Lipinski definition) is 2. The number of carbonyl (C=O) groups excluding carboxylic acids is 1. The van der Waals surface area contributed by atoms with Crippen molar-refractivity contribution in [1.29, 1.82) is 0 Å². The summed E-state index contributed by atoms with van der Waals surface area (Å²) >= 11 is 3.12. The van der Waals surface area contributed by atoms with Gasteiger partial charge in [-0.05, 0) is 23.8 Å². The van der Waals surface area contributed by atoms with Gasteiger partial charge < -0.3 is 4.74 Å². The molecular formula is C9H9BrClFO2. The summed E-state index contributed by atoms with van der Waals surface area (Å²) in [6, 6.07) is 4.12. The largest absolute Gasteiger partial charge is 0.465 e. The van der Waals surface area contributed by atoms with Crippen molar-refractivity contribution >= 4 is 34.3 Å². The van der Waals surface area contributed by atoms with E-state index in [1.54, 1.807) is 0 Å². The number of esters is 1. The van der Waals surface area contributed by atoms with Crippen LogP contribution >= 0.6 is 28.3 Å². The number of benzene rings is 1. The van der Waals surface area contributed by atoms with Crippen LogP contribution in [0.2, 0.25) is 0 Å². The molecule has 1 aromatic carbocycles. The molecule has 0 saturated carbocycles. The third-order valence-corrected chi connectivity index (χ3v) is 2.21. The molecule has 0 bridgehead atoms. The first-order valence-electron chi connectivity index (χ1n) is 3.61. The minimum atomic E-state index is -0.456. The Morgan fingerprint density at radius 3 is 2.71 bits per heavy atom. The van der Waals surface area contributed by atoms with E-state index >= 15 is 0 Å². The Kier molecular flexibility index (Phi) is 5.72. The lowest BCUT2D eigenvalue weighted by Crippen LogP contribution is -2.02. The highest BCUT2D eigenvalue weighted by molar-refractivity contribution is 9.08. The zero-order chi connectivity index (χ0) is 9.84. The standard InChI is InChI=1S/C9H8BrFO2.ClH/c1-13-9(12)6-2-3-8(11)7(4-6)5-10;/h2-4H,5H2,1H3;1H. The van der Waals surface area contributed by atoms with Crippen molar-refractivity contribution in [3.05, 3.63) is 35.1 Å². The number of rotatable bonds is 2. The van der Waals surface area contributed by atoms with E-state index in [0.29, 0.717) is 16.5 Å². The zero-order valence-corrected chi connectivity index (χ0v) is 9.82. The molecule has 0 aliphatic heterocycles. The first-order chi connectivity index (χ1) is 6.19. The van der Waals surface area contributed by atoms with Gasteiger partial charge >= 0.3 is 5.97 Å². The molecule has 0 amide bonds. The predicted octanol–water partition coefficient (Wildman–Crippen LogP) is 2.93. The molecule has 1 rings (SSSR count). The molecule has 0 N–H and O–H groups in total. The lowest BCUT2D eigenvalue weighted by Gasteiger charge is -2.02. The van der Waals surface area contributed by atoms with Crippen LogP contribution in [0.4, 0.5) is 4.39 Å². The van der Waals surface area contributed by atoms with Gasteiger partial charge in [0, 0.05) is 5.33 Å². The molecule has 0 saturated heterocycles. The van der Waals surface area contributed by atoms with Gasteiger partial charge in [-0.2, -0.15) is 0 Å². The van der Waals surface area contributed by atoms with E-state index in [0.717, 1.165) is 0 Å². The summed E-state index contributed by atoms with van der Waals surface area (Å²) < 4.78 is 17.5. The van der Waals surface area contributed by atoms with Crippen molar-refractivity contribution in [2.24, 2.45) is 0 Å². The molecule has 5 heteroatoms. The Labute approximate surface area is 96.0 Å². The summed E-state index contributed by atoms with van der Waals surface area (Å²) in [5, 5.41) is 0.379. The molecule has 2 nitrogen and oxygen atoms in total. The van der Waals surface area contributed by atoms with Gasteiger partial charge in [-0.3, -0.25) is 0 Å². The van der Waals surface area contributed by atoms with E-state index in [-0.39, 0.29) is 18.2 Å².